The summed E-state index contributed by atoms with van der Waals surface area (Å²) in [6.07, 6.45) is 1.66. The summed E-state index contributed by atoms with van der Waals surface area (Å²) in [7, 11) is 0. The molecule has 1 aliphatic rings. The molecule has 35 heavy (non-hydrogen) atoms. The number of anilines is 1. The number of aromatic nitrogens is 4. The van der Waals surface area contributed by atoms with E-state index in [0.717, 1.165) is 41.0 Å². The van der Waals surface area contributed by atoms with Gasteiger partial charge in [-0.25, -0.2) is 14.6 Å². The number of hydrogen-bond acceptors (Lipinski definition) is 5. The number of piperazine rings is 1. The number of carbonyl (C=O) groups excluding carboxylic acids is 1. The number of carbonyl (C=O) groups is 1. The molecule has 174 valence electrons. The van der Waals surface area contributed by atoms with Crippen molar-refractivity contribution in [2.24, 2.45) is 0 Å². The minimum absolute atomic E-state index is 0.0110. The molecule has 4 heterocycles. The molecule has 2 aromatic carbocycles. The lowest BCUT2D eigenvalue weighted by Gasteiger charge is -2.35. The van der Waals surface area contributed by atoms with E-state index in [9.17, 15) is 4.79 Å². The van der Waals surface area contributed by atoms with E-state index in [4.69, 9.17) is 9.97 Å². The first-order valence-corrected chi connectivity index (χ1v) is 11.9. The van der Waals surface area contributed by atoms with Crippen molar-refractivity contribution in [1.82, 2.24) is 24.6 Å². The molecule has 0 N–H and O–H groups in total. The molecule has 0 radical (unpaired) electrons. The third-order valence-corrected chi connectivity index (χ3v) is 6.84. The van der Waals surface area contributed by atoms with E-state index in [1.165, 1.54) is 10.9 Å². The van der Waals surface area contributed by atoms with Crippen molar-refractivity contribution in [2.75, 3.05) is 31.1 Å². The molecule has 0 bridgehead atoms. The minimum Gasteiger partial charge on any atom is -0.353 e. The van der Waals surface area contributed by atoms with Crippen molar-refractivity contribution >= 4 is 33.5 Å². The van der Waals surface area contributed by atoms with Crippen molar-refractivity contribution in [2.45, 2.75) is 13.8 Å². The van der Waals surface area contributed by atoms with Gasteiger partial charge in [0, 0.05) is 37.0 Å². The summed E-state index contributed by atoms with van der Waals surface area (Å²) in [6.45, 7) is 6.83. The van der Waals surface area contributed by atoms with E-state index in [1.807, 2.05) is 60.4 Å². The summed E-state index contributed by atoms with van der Waals surface area (Å²) >= 11 is 0. The number of amides is 1. The Kier molecular flexibility index (Phi) is 5.17. The first-order valence-electron chi connectivity index (χ1n) is 11.9. The summed E-state index contributed by atoms with van der Waals surface area (Å²) in [6, 6.07) is 22.3. The monoisotopic (exact) mass is 462 g/mol. The number of rotatable bonds is 3. The number of pyridine rings is 2. The highest BCUT2D eigenvalue weighted by molar-refractivity contribution is 5.95. The fraction of sp³-hybridized carbons (Fsp3) is 0.214. The van der Waals surface area contributed by atoms with Crippen LogP contribution in [0, 0.1) is 13.8 Å². The Hall–Kier alpha value is -4.26. The fourth-order valence-corrected chi connectivity index (χ4v) is 4.83. The van der Waals surface area contributed by atoms with Gasteiger partial charge in [0.2, 0.25) is 0 Å². The molecule has 0 saturated carbocycles. The van der Waals surface area contributed by atoms with E-state index in [-0.39, 0.29) is 5.91 Å². The molecule has 1 fully saturated rings. The SMILES string of the molecule is Cc1cc(N2CCN(C(=O)c3cnn(-c4ccc5ccccc5n4)c3C)CC2)nc2ccccc12. The third-order valence-electron chi connectivity index (χ3n) is 6.84. The van der Waals surface area contributed by atoms with Crippen molar-refractivity contribution in [1.29, 1.82) is 0 Å². The standard InChI is InChI=1S/C28H26N6O/c1-19-17-27(31-25-10-6-4-8-22(19)25)32-13-15-33(16-14-32)28(35)23-18-29-34(20(23)2)26-12-11-21-7-3-5-9-24(21)30-26/h3-12,17-18H,13-16H2,1-2H3. The van der Waals surface area contributed by atoms with Crippen molar-refractivity contribution < 1.29 is 4.79 Å². The van der Waals surface area contributed by atoms with Crippen LogP contribution in [0.5, 0.6) is 0 Å². The minimum atomic E-state index is 0.0110. The molecule has 0 unspecified atom stereocenters. The summed E-state index contributed by atoms with van der Waals surface area (Å²) in [5.74, 6) is 1.69. The van der Waals surface area contributed by atoms with Crippen LogP contribution in [0.3, 0.4) is 0 Å². The van der Waals surface area contributed by atoms with E-state index >= 15 is 0 Å². The molecule has 0 atom stereocenters. The molecule has 6 rings (SSSR count). The van der Waals surface area contributed by atoms with Gasteiger partial charge in [-0.15, -0.1) is 0 Å². The second-order valence-electron chi connectivity index (χ2n) is 9.01. The molecule has 1 saturated heterocycles. The Morgan fingerprint density at radius 3 is 2.34 bits per heavy atom. The lowest BCUT2D eigenvalue weighted by Crippen LogP contribution is -2.49. The zero-order chi connectivity index (χ0) is 23.9. The zero-order valence-corrected chi connectivity index (χ0v) is 19.8. The highest BCUT2D eigenvalue weighted by Gasteiger charge is 2.26. The summed E-state index contributed by atoms with van der Waals surface area (Å²) in [5, 5.41) is 6.75. The molecule has 1 amide bonds. The van der Waals surface area contributed by atoms with Crippen LogP contribution < -0.4 is 4.90 Å². The third kappa shape index (κ3) is 3.79. The lowest BCUT2D eigenvalue weighted by molar-refractivity contribution is 0.0745. The van der Waals surface area contributed by atoms with Gasteiger partial charge in [-0.3, -0.25) is 4.79 Å². The molecule has 7 nitrogen and oxygen atoms in total. The molecule has 1 aliphatic heterocycles. The summed E-state index contributed by atoms with van der Waals surface area (Å²) in [5.41, 5.74) is 4.54. The van der Waals surface area contributed by atoms with Crippen LogP contribution in [0.2, 0.25) is 0 Å². The first kappa shape index (κ1) is 21.3. The smallest absolute Gasteiger partial charge is 0.257 e. The van der Waals surface area contributed by atoms with E-state index < -0.39 is 0 Å². The van der Waals surface area contributed by atoms with Crippen LogP contribution in [0.15, 0.2) is 72.9 Å². The normalized spacial score (nSPS) is 14.1. The quantitative estimate of drug-likeness (QED) is 0.394. The predicted octanol–water partition coefficient (Wildman–Crippen LogP) is 4.55. The Labute approximate surface area is 203 Å². The predicted molar refractivity (Wildman–Crippen MR) is 138 cm³/mol. The summed E-state index contributed by atoms with van der Waals surface area (Å²) in [4.78, 5) is 27.1. The number of aryl methyl sites for hydroxylation is 1. The van der Waals surface area contributed by atoms with Crippen molar-refractivity contribution in [3.05, 3.63) is 89.7 Å². The Bertz CT molecular complexity index is 1560. The van der Waals surface area contributed by atoms with Gasteiger partial charge in [0.25, 0.3) is 5.91 Å². The maximum absolute atomic E-state index is 13.4. The van der Waals surface area contributed by atoms with Crippen LogP contribution in [0.1, 0.15) is 21.6 Å². The van der Waals surface area contributed by atoms with Gasteiger partial charge in [-0.1, -0.05) is 36.4 Å². The van der Waals surface area contributed by atoms with Crippen LogP contribution in [-0.4, -0.2) is 56.7 Å². The van der Waals surface area contributed by atoms with Gasteiger partial charge >= 0.3 is 0 Å². The second-order valence-corrected chi connectivity index (χ2v) is 9.01. The fourth-order valence-electron chi connectivity index (χ4n) is 4.83. The lowest BCUT2D eigenvalue weighted by atomic mass is 10.1. The zero-order valence-electron chi connectivity index (χ0n) is 19.8. The van der Waals surface area contributed by atoms with Crippen LogP contribution in [0.25, 0.3) is 27.6 Å². The van der Waals surface area contributed by atoms with Crippen LogP contribution in [-0.2, 0) is 0 Å². The molecule has 0 spiro atoms. The maximum atomic E-state index is 13.4. The van der Waals surface area contributed by atoms with Crippen molar-refractivity contribution in [3.63, 3.8) is 0 Å². The number of benzene rings is 2. The van der Waals surface area contributed by atoms with E-state index in [1.54, 1.807) is 10.9 Å². The highest BCUT2D eigenvalue weighted by atomic mass is 16.2. The molecular weight excluding hydrogens is 436 g/mol. The van der Waals surface area contributed by atoms with Gasteiger partial charge in [-0.05, 0) is 49.7 Å². The van der Waals surface area contributed by atoms with Gasteiger partial charge in [0.1, 0.15) is 5.82 Å². The highest BCUT2D eigenvalue weighted by Crippen LogP contribution is 2.24. The van der Waals surface area contributed by atoms with Gasteiger partial charge in [0.15, 0.2) is 5.82 Å². The van der Waals surface area contributed by atoms with Crippen LogP contribution in [0.4, 0.5) is 5.82 Å². The Morgan fingerprint density at radius 2 is 1.51 bits per heavy atom. The van der Waals surface area contributed by atoms with E-state index in [2.05, 4.69) is 35.1 Å². The average Bonchev–Trinajstić information content (AvgIpc) is 3.29. The topological polar surface area (TPSA) is 67.2 Å². The molecular formula is C28H26N6O. The Balaban J connectivity index is 1.19. The first-order chi connectivity index (χ1) is 17.1. The average molecular weight is 463 g/mol. The van der Waals surface area contributed by atoms with Gasteiger partial charge in [-0.2, -0.15) is 5.10 Å². The number of nitrogens with zero attached hydrogens (tertiary/aromatic N) is 6. The molecule has 5 aromatic rings. The molecule has 0 aliphatic carbocycles. The Morgan fingerprint density at radius 1 is 0.800 bits per heavy atom. The number of para-hydroxylation sites is 2. The molecule has 3 aromatic heterocycles. The van der Waals surface area contributed by atoms with Crippen LogP contribution >= 0.6 is 0 Å². The number of hydrogen-bond donors (Lipinski definition) is 0. The van der Waals surface area contributed by atoms with Gasteiger partial charge in [0.05, 0.1) is 28.5 Å². The largest absolute Gasteiger partial charge is 0.353 e. The maximum Gasteiger partial charge on any atom is 0.257 e. The molecule has 7 heteroatoms. The second kappa shape index (κ2) is 8.51. The van der Waals surface area contributed by atoms with Crippen molar-refractivity contribution in [3.8, 4) is 5.82 Å². The van der Waals surface area contributed by atoms with Gasteiger partial charge < -0.3 is 9.80 Å². The summed E-state index contributed by atoms with van der Waals surface area (Å²) < 4.78 is 1.75. The van der Waals surface area contributed by atoms with E-state index in [0.29, 0.717) is 24.5 Å². The number of fused-ring (bicyclic) bond motifs is 2.